The third kappa shape index (κ3) is 1.12. The minimum atomic E-state index is -1.91. The molecule has 1 saturated heterocycles. The van der Waals surface area contributed by atoms with E-state index in [1.165, 1.54) is 0 Å². The van der Waals surface area contributed by atoms with Crippen molar-refractivity contribution in [2.45, 2.75) is 24.6 Å². The van der Waals surface area contributed by atoms with Gasteiger partial charge in [-0.3, -0.25) is 0 Å². The van der Waals surface area contributed by atoms with Crippen molar-refractivity contribution in [1.82, 2.24) is 0 Å². The highest BCUT2D eigenvalue weighted by Gasteiger charge is 2.46. The van der Waals surface area contributed by atoms with Crippen LogP contribution in [0.1, 0.15) is 12.8 Å². The average molecular weight is 161 g/mol. The van der Waals surface area contributed by atoms with Gasteiger partial charge in [0.1, 0.15) is 0 Å². The van der Waals surface area contributed by atoms with E-state index in [0.29, 0.717) is 0 Å². The minimum absolute atomic E-state index is 0.183. The van der Waals surface area contributed by atoms with Gasteiger partial charge in [-0.25, -0.2) is 0 Å². The summed E-state index contributed by atoms with van der Waals surface area (Å²) in [5, 5.41) is 0. The summed E-state index contributed by atoms with van der Waals surface area (Å²) in [5.74, 6) is 0. The van der Waals surface area contributed by atoms with Gasteiger partial charge in [0.15, 0.2) is 0 Å². The van der Waals surface area contributed by atoms with Crippen molar-refractivity contribution < 1.29 is 8.85 Å². The fourth-order valence-electron chi connectivity index (χ4n) is 1.56. The summed E-state index contributed by atoms with van der Waals surface area (Å²) >= 11 is 0. The number of hydrogen-bond donors (Lipinski definition) is 1. The van der Waals surface area contributed by atoms with Gasteiger partial charge < -0.3 is 14.6 Å². The van der Waals surface area contributed by atoms with Crippen molar-refractivity contribution in [2.75, 3.05) is 14.2 Å². The van der Waals surface area contributed by atoms with E-state index >= 15 is 0 Å². The molecular weight excluding hydrogens is 146 g/mol. The maximum atomic E-state index is 5.85. The lowest BCUT2D eigenvalue weighted by Crippen LogP contribution is -2.52. The molecule has 1 rings (SSSR count). The Morgan fingerprint density at radius 3 is 2.20 bits per heavy atom. The van der Waals surface area contributed by atoms with E-state index in [4.69, 9.17) is 14.6 Å². The van der Waals surface area contributed by atoms with Crippen LogP contribution in [-0.2, 0) is 8.85 Å². The summed E-state index contributed by atoms with van der Waals surface area (Å²) in [7, 11) is 1.51. The maximum Gasteiger partial charge on any atom is 0.354 e. The van der Waals surface area contributed by atoms with Crippen LogP contribution in [0.15, 0.2) is 0 Å². The second-order valence-electron chi connectivity index (χ2n) is 2.72. The third-order valence-electron chi connectivity index (χ3n) is 2.30. The molecule has 1 unspecified atom stereocenters. The molecule has 0 aromatic carbocycles. The molecule has 1 fully saturated rings. The maximum absolute atomic E-state index is 5.85. The lowest BCUT2D eigenvalue weighted by Gasteiger charge is -2.25. The predicted octanol–water partition coefficient (Wildman–Crippen LogP) is 0.382. The molecule has 1 aliphatic heterocycles. The standard InChI is InChI=1S/C6H15NO2Si/c1-8-10(9-2)5-3-4-6(10)7/h6H,3-5,7H2,1-2H3. The fraction of sp³-hybridized carbons (Fsp3) is 1.00. The van der Waals surface area contributed by atoms with Crippen molar-refractivity contribution >= 4 is 8.56 Å². The third-order valence-corrected chi connectivity index (χ3v) is 6.15. The van der Waals surface area contributed by atoms with Gasteiger partial charge in [0.25, 0.3) is 0 Å². The molecular formula is C6H15NO2Si. The van der Waals surface area contributed by atoms with Gasteiger partial charge in [-0.05, 0) is 18.9 Å². The number of rotatable bonds is 2. The normalized spacial score (nSPS) is 30.9. The van der Waals surface area contributed by atoms with Crippen LogP contribution in [0, 0.1) is 0 Å². The van der Waals surface area contributed by atoms with Crippen LogP contribution in [0.3, 0.4) is 0 Å². The molecule has 1 heterocycles. The average Bonchev–Trinajstić information content (AvgIpc) is 2.32. The summed E-state index contributed by atoms with van der Waals surface area (Å²) in [6.45, 7) is 0. The molecule has 2 N–H and O–H groups in total. The van der Waals surface area contributed by atoms with Crippen molar-refractivity contribution in [2.24, 2.45) is 5.73 Å². The molecule has 0 saturated carbocycles. The second kappa shape index (κ2) is 3.00. The first-order valence-electron chi connectivity index (χ1n) is 3.61. The molecule has 0 aromatic rings. The van der Waals surface area contributed by atoms with Crippen LogP contribution in [0.5, 0.6) is 0 Å². The van der Waals surface area contributed by atoms with E-state index in [1.54, 1.807) is 14.2 Å². The molecule has 0 bridgehead atoms. The Hall–Kier alpha value is 0.0969. The van der Waals surface area contributed by atoms with Crippen LogP contribution in [0.4, 0.5) is 0 Å². The van der Waals surface area contributed by atoms with Crippen molar-refractivity contribution in [3.63, 3.8) is 0 Å². The summed E-state index contributed by atoms with van der Waals surface area (Å²) < 4.78 is 10.7. The molecule has 1 atom stereocenters. The smallest absolute Gasteiger partial charge is 0.354 e. The second-order valence-corrected chi connectivity index (χ2v) is 6.40. The van der Waals surface area contributed by atoms with Gasteiger partial charge in [0.05, 0.1) is 0 Å². The Balaban J connectivity index is 2.61. The highest BCUT2D eigenvalue weighted by atomic mass is 28.4. The minimum Gasteiger partial charge on any atom is -0.397 e. The quantitative estimate of drug-likeness (QED) is 0.596. The van der Waals surface area contributed by atoms with Gasteiger partial charge in [0.2, 0.25) is 0 Å². The van der Waals surface area contributed by atoms with Gasteiger partial charge >= 0.3 is 8.56 Å². The summed E-state index contributed by atoms with van der Waals surface area (Å²) in [4.78, 5) is 0. The molecule has 0 spiro atoms. The van der Waals surface area contributed by atoms with E-state index in [-0.39, 0.29) is 5.67 Å². The summed E-state index contributed by atoms with van der Waals surface area (Å²) in [6.07, 6.45) is 2.23. The van der Waals surface area contributed by atoms with E-state index in [1.807, 2.05) is 0 Å². The van der Waals surface area contributed by atoms with Crippen molar-refractivity contribution in [3.05, 3.63) is 0 Å². The topological polar surface area (TPSA) is 44.5 Å². The Kier molecular flexibility index (Phi) is 2.46. The van der Waals surface area contributed by atoms with E-state index < -0.39 is 8.56 Å². The van der Waals surface area contributed by atoms with Crippen molar-refractivity contribution in [3.8, 4) is 0 Å². The van der Waals surface area contributed by atoms with Crippen LogP contribution < -0.4 is 5.73 Å². The van der Waals surface area contributed by atoms with Crippen LogP contribution >= 0.6 is 0 Å². The molecule has 0 aromatic heterocycles. The first-order chi connectivity index (χ1) is 4.75. The molecule has 3 nitrogen and oxygen atoms in total. The highest BCUT2D eigenvalue weighted by molar-refractivity contribution is 6.69. The molecule has 0 radical (unpaired) electrons. The summed E-state index contributed by atoms with van der Waals surface area (Å²) in [5.41, 5.74) is 6.03. The lowest BCUT2D eigenvalue weighted by atomic mass is 10.3. The van der Waals surface area contributed by atoms with E-state index in [9.17, 15) is 0 Å². The zero-order valence-corrected chi connectivity index (χ0v) is 7.59. The Morgan fingerprint density at radius 1 is 1.40 bits per heavy atom. The molecule has 4 heteroatoms. The fourth-order valence-corrected chi connectivity index (χ4v) is 4.46. The predicted molar refractivity (Wildman–Crippen MR) is 41.8 cm³/mol. The van der Waals surface area contributed by atoms with Crippen LogP contribution in [-0.4, -0.2) is 28.4 Å². The molecule has 1 aliphatic rings. The van der Waals surface area contributed by atoms with E-state index in [0.717, 1.165) is 18.9 Å². The monoisotopic (exact) mass is 161 g/mol. The van der Waals surface area contributed by atoms with Crippen molar-refractivity contribution in [1.29, 1.82) is 0 Å². The van der Waals surface area contributed by atoms with E-state index in [2.05, 4.69) is 0 Å². The molecule has 10 heavy (non-hydrogen) atoms. The molecule has 0 amide bonds. The zero-order valence-electron chi connectivity index (χ0n) is 6.59. The summed E-state index contributed by atoms with van der Waals surface area (Å²) in [6, 6.07) is 1.06. The zero-order chi connectivity index (χ0) is 7.61. The SMILES string of the molecule is CO[Si]1(OC)CCCC1N. The Morgan fingerprint density at radius 2 is 2.00 bits per heavy atom. The molecule has 0 aliphatic carbocycles. The van der Waals surface area contributed by atoms with Gasteiger partial charge in [-0.1, -0.05) is 0 Å². The van der Waals surface area contributed by atoms with Gasteiger partial charge in [-0.15, -0.1) is 0 Å². The first-order valence-corrected chi connectivity index (χ1v) is 5.71. The van der Waals surface area contributed by atoms with Crippen LogP contribution in [0.2, 0.25) is 6.04 Å². The van der Waals surface area contributed by atoms with Gasteiger partial charge in [-0.2, -0.15) is 0 Å². The first kappa shape index (κ1) is 8.20. The Bertz CT molecular complexity index is 116. The largest absolute Gasteiger partial charge is 0.397 e. The van der Waals surface area contributed by atoms with Crippen LogP contribution in [0.25, 0.3) is 0 Å². The highest BCUT2D eigenvalue weighted by Crippen LogP contribution is 2.28. The van der Waals surface area contributed by atoms with Gasteiger partial charge in [0, 0.05) is 19.9 Å². The molecule has 60 valence electrons. The number of nitrogens with two attached hydrogens (primary N) is 1. The Labute approximate surface area is 62.8 Å². The number of hydrogen-bond acceptors (Lipinski definition) is 3. The lowest BCUT2D eigenvalue weighted by molar-refractivity contribution is 0.239.